The molecular formula is C21H21N3O5S. The fourth-order valence-electron chi connectivity index (χ4n) is 3.33. The predicted molar refractivity (Wildman–Crippen MR) is 111 cm³/mol. The molecule has 3 rings (SSSR count). The zero-order valence-electron chi connectivity index (χ0n) is 16.1. The molecule has 156 valence electrons. The number of nitrogens with two attached hydrogens (primary N) is 1. The molecule has 0 aromatic heterocycles. The van der Waals surface area contributed by atoms with Gasteiger partial charge in [0.1, 0.15) is 6.04 Å². The normalized spacial score (nSPS) is 16.6. The van der Waals surface area contributed by atoms with Gasteiger partial charge in [0.15, 0.2) is 0 Å². The van der Waals surface area contributed by atoms with Crippen LogP contribution >= 0.6 is 0 Å². The number of amides is 3. The van der Waals surface area contributed by atoms with Gasteiger partial charge in [0.05, 0.1) is 23.4 Å². The van der Waals surface area contributed by atoms with E-state index in [0.29, 0.717) is 0 Å². The lowest BCUT2D eigenvalue weighted by atomic mass is 10.1. The second kappa shape index (κ2) is 8.60. The smallest absolute Gasteiger partial charge is 0.257 e. The van der Waals surface area contributed by atoms with E-state index in [1.807, 2.05) is 30.3 Å². The van der Waals surface area contributed by atoms with Crippen molar-refractivity contribution in [2.45, 2.75) is 23.8 Å². The minimum atomic E-state index is -3.90. The van der Waals surface area contributed by atoms with Crippen molar-refractivity contribution >= 4 is 33.4 Å². The third-order valence-corrected chi connectivity index (χ3v) is 5.70. The molecule has 1 unspecified atom stereocenters. The molecule has 30 heavy (non-hydrogen) atoms. The molecule has 3 amide bonds. The molecule has 0 spiro atoms. The molecule has 2 aromatic rings. The molecule has 2 aromatic carbocycles. The second-order valence-electron chi connectivity index (χ2n) is 6.82. The van der Waals surface area contributed by atoms with E-state index in [1.165, 1.54) is 35.2 Å². The Kier molecular flexibility index (Phi) is 6.14. The summed E-state index contributed by atoms with van der Waals surface area (Å²) in [7, 11) is -3.90. The summed E-state index contributed by atoms with van der Waals surface area (Å²) < 4.78 is 22.8. The number of carbonyl (C=O) groups excluding carboxylic acids is 3. The largest absolute Gasteiger partial charge is 0.326 e. The third-order valence-electron chi connectivity index (χ3n) is 4.77. The van der Waals surface area contributed by atoms with Crippen molar-refractivity contribution < 1.29 is 22.8 Å². The van der Waals surface area contributed by atoms with Crippen molar-refractivity contribution in [3.63, 3.8) is 0 Å². The van der Waals surface area contributed by atoms with Crippen LogP contribution < -0.4 is 10.0 Å². The Morgan fingerprint density at radius 1 is 1.13 bits per heavy atom. The number of rotatable bonds is 7. The van der Waals surface area contributed by atoms with Crippen molar-refractivity contribution in [2.75, 3.05) is 11.4 Å². The van der Waals surface area contributed by atoms with Crippen LogP contribution in [0.25, 0.3) is 0 Å². The van der Waals surface area contributed by atoms with Crippen LogP contribution in [0.3, 0.4) is 0 Å². The maximum Gasteiger partial charge on any atom is 0.257 e. The number of sulfonamides is 1. The monoisotopic (exact) mass is 427 g/mol. The van der Waals surface area contributed by atoms with E-state index in [9.17, 15) is 22.8 Å². The van der Waals surface area contributed by atoms with Gasteiger partial charge >= 0.3 is 0 Å². The van der Waals surface area contributed by atoms with Gasteiger partial charge in [-0.15, -0.1) is 6.58 Å². The van der Waals surface area contributed by atoms with Crippen molar-refractivity contribution in [3.05, 3.63) is 72.8 Å². The van der Waals surface area contributed by atoms with Gasteiger partial charge in [0.25, 0.3) is 5.91 Å². The molecule has 0 bridgehead atoms. The molecule has 1 aliphatic rings. The van der Waals surface area contributed by atoms with Gasteiger partial charge in [0, 0.05) is 6.54 Å². The van der Waals surface area contributed by atoms with Gasteiger partial charge in [-0.1, -0.05) is 36.4 Å². The van der Waals surface area contributed by atoms with Crippen molar-refractivity contribution in [2.24, 2.45) is 5.14 Å². The summed E-state index contributed by atoms with van der Waals surface area (Å²) in [6.07, 6.45) is 1.43. The van der Waals surface area contributed by atoms with E-state index < -0.39 is 27.9 Å². The predicted octanol–water partition coefficient (Wildman–Crippen LogP) is 1.22. The Labute approximate surface area is 174 Å². The number of benzene rings is 2. The second-order valence-corrected chi connectivity index (χ2v) is 8.38. The SMILES string of the molecule is C=CCN(C(=O)Cc1ccccc1)C1CC(=O)N(c2ccc(S(N)(=O)=O)cc2)C1=O. The summed E-state index contributed by atoms with van der Waals surface area (Å²) in [4.78, 5) is 40.6. The number of nitrogens with zero attached hydrogens (tertiary/aromatic N) is 2. The number of primary sulfonamides is 1. The number of hydrogen-bond acceptors (Lipinski definition) is 5. The van der Waals surface area contributed by atoms with Crippen LogP contribution in [0, 0.1) is 0 Å². The highest BCUT2D eigenvalue weighted by Crippen LogP contribution is 2.27. The quantitative estimate of drug-likeness (QED) is 0.527. The van der Waals surface area contributed by atoms with Crippen molar-refractivity contribution in [3.8, 4) is 0 Å². The number of carbonyl (C=O) groups is 3. The number of anilines is 1. The van der Waals surface area contributed by atoms with E-state index >= 15 is 0 Å². The van der Waals surface area contributed by atoms with Crippen LogP contribution in [0.1, 0.15) is 12.0 Å². The molecule has 1 fully saturated rings. The first kappa shape index (κ1) is 21.4. The van der Waals surface area contributed by atoms with Crippen molar-refractivity contribution in [1.29, 1.82) is 0 Å². The summed E-state index contributed by atoms with van der Waals surface area (Å²) in [5, 5.41) is 5.08. The van der Waals surface area contributed by atoms with Crippen LogP contribution in [0.15, 0.2) is 72.1 Å². The molecular weight excluding hydrogens is 406 g/mol. The van der Waals surface area contributed by atoms with Gasteiger partial charge in [-0.2, -0.15) is 0 Å². The van der Waals surface area contributed by atoms with E-state index in [2.05, 4.69) is 6.58 Å². The average molecular weight is 427 g/mol. The fraction of sp³-hybridized carbons (Fsp3) is 0.190. The first-order chi connectivity index (χ1) is 14.2. The third kappa shape index (κ3) is 4.47. The highest BCUT2D eigenvalue weighted by atomic mass is 32.2. The average Bonchev–Trinajstić information content (AvgIpc) is 3.00. The molecule has 1 saturated heterocycles. The maximum atomic E-state index is 13.0. The summed E-state index contributed by atoms with van der Waals surface area (Å²) in [5.74, 6) is -1.32. The fourth-order valence-corrected chi connectivity index (χ4v) is 3.84. The molecule has 1 aliphatic heterocycles. The van der Waals surface area contributed by atoms with Gasteiger partial charge in [-0.3, -0.25) is 14.4 Å². The van der Waals surface area contributed by atoms with Gasteiger partial charge in [-0.05, 0) is 29.8 Å². The Hall–Kier alpha value is -3.30. The Morgan fingerprint density at radius 3 is 2.33 bits per heavy atom. The standard InChI is InChI=1S/C21H21N3O5S/c1-2-12-23(19(25)13-15-6-4-3-5-7-15)18-14-20(26)24(21(18)27)16-8-10-17(11-9-16)30(22,28)29/h2-11,18H,1,12-14H2,(H2,22,28,29). The van der Waals surface area contributed by atoms with E-state index in [4.69, 9.17) is 5.14 Å². The minimum Gasteiger partial charge on any atom is -0.326 e. The zero-order valence-corrected chi connectivity index (χ0v) is 16.9. The maximum absolute atomic E-state index is 13.0. The van der Waals surface area contributed by atoms with Crippen LogP contribution in [0.4, 0.5) is 5.69 Å². The van der Waals surface area contributed by atoms with Crippen molar-refractivity contribution in [1.82, 2.24) is 4.90 Å². The van der Waals surface area contributed by atoms with Gasteiger partial charge < -0.3 is 4.90 Å². The molecule has 2 N–H and O–H groups in total. The molecule has 0 saturated carbocycles. The lowest BCUT2D eigenvalue weighted by Gasteiger charge is -2.26. The van der Waals surface area contributed by atoms with Crippen LogP contribution in [0.5, 0.6) is 0 Å². The highest BCUT2D eigenvalue weighted by molar-refractivity contribution is 7.89. The molecule has 0 radical (unpaired) electrons. The highest BCUT2D eigenvalue weighted by Gasteiger charge is 2.44. The molecule has 1 atom stereocenters. The Morgan fingerprint density at radius 2 is 1.77 bits per heavy atom. The minimum absolute atomic E-state index is 0.0930. The Bertz CT molecular complexity index is 1080. The number of imide groups is 1. The topological polar surface area (TPSA) is 118 Å². The molecule has 1 heterocycles. The zero-order chi connectivity index (χ0) is 21.9. The molecule has 0 aliphatic carbocycles. The molecule has 9 heteroatoms. The summed E-state index contributed by atoms with van der Waals surface area (Å²) in [6.45, 7) is 3.76. The van der Waals surface area contributed by atoms with E-state index in [0.717, 1.165) is 10.5 Å². The lowest BCUT2D eigenvalue weighted by Crippen LogP contribution is -2.46. The summed E-state index contributed by atoms with van der Waals surface area (Å²) in [5.41, 5.74) is 1.01. The summed E-state index contributed by atoms with van der Waals surface area (Å²) >= 11 is 0. The van der Waals surface area contributed by atoms with Crippen LogP contribution in [-0.4, -0.2) is 43.6 Å². The van der Waals surface area contributed by atoms with E-state index in [1.54, 1.807) is 0 Å². The first-order valence-corrected chi connectivity index (χ1v) is 10.7. The first-order valence-electron chi connectivity index (χ1n) is 9.16. The van der Waals surface area contributed by atoms with Crippen LogP contribution in [-0.2, 0) is 30.8 Å². The lowest BCUT2D eigenvalue weighted by molar-refractivity contribution is -0.137. The van der Waals surface area contributed by atoms with Crippen LogP contribution in [0.2, 0.25) is 0 Å². The number of hydrogen-bond donors (Lipinski definition) is 1. The van der Waals surface area contributed by atoms with Gasteiger partial charge in [0.2, 0.25) is 21.8 Å². The van der Waals surface area contributed by atoms with Gasteiger partial charge in [-0.25, -0.2) is 18.5 Å². The van der Waals surface area contributed by atoms with E-state index in [-0.39, 0.29) is 35.9 Å². The molecule has 8 nitrogen and oxygen atoms in total. The summed E-state index contributed by atoms with van der Waals surface area (Å²) in [6, 6.07) is 13.3. The Balaban J connectivity index is 1.83.